The molecule has 0 saturated heterocycles. The van der Waals surface area contributed by atoms with E-state index in [0.717, 1.165) is 9.92 Å². The fourth-order valence-electron chi connectivity index (χ4n) is 1.05. The Bertz CT molecular complexity index is 476. The van der Waals surface area contributed by atoms with Crippen LogP contribution in [0.15, 0.2) is 46.5 Å². The highest BCUT2D eigenvalue weighted by atomic mass is 35.5. The maximum Gasteiger partial charge on any atom is 0.221 e. The van der Waals surface area contributed by atoms with Gasteiger partial charge in [0.1, 0.15) is 5.03 Å². The predicted octanol–water partition coefficient (Wildman–Crippen LogP) is 2.86. The Hall–Kier alpha value is -1.26. The smallest absolute Gasteiger partial charge is 0.221 e. The third-order valence-electron chi connectivity index (χ3n) is 1.70. The molecule has 2 rings (SSSR count). The molecule has 0 fully saturated rings. The minimum Gasteiger partial charge on any atom is -0.368 e. The molecule has 0 unspecified atom stereocenters. The van der Waals surface area contributed by atoms with E-state index in [1.54, 1.807) is 12.3 Å². The molecule has 0 aliphatic heterocycles. The van der Waals surface area contributed by atoms with Gasteiger partial charge in [-0.3, -0.25) is 0 Å². The standard InChI is InChI=1S/C10H8ClN3S/c11-7-3-1-2-4-8(7)15-9-5-6-13-10(12)14-9/h1-6H,(H2,12,13,14). The Morgan fingerprint density at radius 2 is 2.00 bits per heavy atom. The van der Waals surface area contributed by atoms with Crippen molar-refractivity contribution in [2.45, 2.75) is 9.92 Å². The second-order valence-electron chi connectivity index (χ2n) is 2.79. The second-order valence-corrected chi connectivity index (χ2v) is 4.25. The lowest BCUT2D eigenvalue weighted by Crippen LogP contribution is -1.93. The number of nitrogens with zero attached hydrogens (tertiary/aromatic N) is 2. The van der Waals surface area contributed by atoms with Crippen molar-refractivity contribution in [1.82, 2.24) is 9.97 Å². The lowest BCUT2D eigenvalue weighted by molar-refractivity contribution is 1.06. The molecule has 0 spiro atoms. The van der Waals surface area contributed by atoms with Gasteiger partial charge in [0.05, 0.1) is 5.02 Å². The molecule has 2 N–H and O–H groups in total. The number of nitrogen functional groups attached to an aromatic ring is 1. The van der Waals surface area contributed by atoms with Crippen molar-refractivity contribution < 1.29 is 0 Å². The summed E-state index contributed by atoms with van der Waals surface area (Å²) in [5.41, 5.74) is 5.48. The van der Waals surface area contributed by atoms with Gasteiger partial charge in [0.2, 0.25) is 5.95 Å². The summed E-state index contributed by atoms with van der Waals surface area (Å²) in [4.78, 5) is 8.86. The van der Waals surface area contributed by atoms with Crippen LogP contribution in [-0.4, -0.2) is 9.97 Å². The van der Waals surface area contributed by atoms with E-state index in [4.69, 9.17) is 17.3 Å². The van der Waals surface area contributed by atoms with Gasteiger partial charge in [-0.15, -0.1) is 0 Å². The minimum absolute atomic E-state index is 0.270. The lowest BCUT2D eigenvalue weighted by Gasteiger charge is -2.02. The Labute approximate surface area is 96.7 Å². The van der Waals surface area contributed by atoms with Crippen molar-refractivity contribution in [2.24, 2.45) is 0 Å². The molecule has 0 saturated carbocycles. The monoisotopic (exact) mass is 237 g/mol. The van der Waals surface area contributed by atoms with Crippen molar-refractivity contribution in [3.05, 3.63) is 41.6 Å². The first kappa shape index (κ1) is 10.3. The summed E-state index contributed by atoms with van der Waals surface area (Å²) in [5, 5.41) is 1.50. The Balaban J connectivity index is 2.26. The van der Waals surface area contributed by atoms with Gasteiger partial charge in [-0.25, -0.2) is 9.97 Å². The molecule has 0 amide bonds. The maximum absolute atomic E-state index is 6.02. The highest BCUT2D eigenvalue weighted by molar-refractivity contribution is 7.99. The van der Waals surface area contributed by atoms with Gasteiger partial charge < -0.3 is 5.73 Å². The number of hydrogen-bond acceptors (Lipinski definition) is 4. The summed E-state index contributed by atoms with van der Waals surface area (Å²) >= 11 is 7.48. The third kappa shape index (κ3) is 2.61. The van der Waals surface area contributed by atoms with E-state index in [1.807, 2.05) is 24.3 Å². The van der Waals surface area contributed by atoms with Crippen LogP contribution >= 0.6 is 23.4 Å². The van der Waals surface area contributed by atoms with Crippen LogP contribution < -0.4 is 5.73 Å². The topological polar surface area (TPSA) is 51.8 Å². The van der Waals surface area contributed by atoms with Crippen LogP contribution in [0.4, 0.5) is 5.95 Å². The molecule has 3 nitrogen and oxygen atoms in total. The minimum atomic E-state index is 0.270. The van der Waals surface area contributed by atoms with Gasteiger partial charge in [-0.05, 0) is 18.2 Å². The van der Waals surface area contributed by atoms with Crippen LogP contribution in [0.5, 0.6) is 0 Å². The average molecular weight is 238 g/mol. The van der Waals surface area contributed by atoms with E-state index in [-0.39, 0.29) is 5.95 Å². The quantitative estimate of drug-likeness (QED) is 0.816. The second kappa shape index (κ2) is 4.51. The van der Waals surface area contributed by atoms with Crippen molar-refractivity contribution in [2.75, 3.05) is 5.73 Å². The molecule has 15 heavy (non-hydrogen) atoms. The Morgan fingerprint density at radius 3 is 2.73 bits per heavy atom. The molecule has 1 heterocycles. The van der Waals surface area contributed by atoms with Gasteiger partial charge in [0.25, 0.3) is 0 Å². The molecule has 0 bridgehead atoms. The summed E-state index contributed by atoms with van der Waals surface area (Å²) in [6, 6.07) is 9.39. The molecular weight excluding hydrogens is 230 g/mol. The number of hydrogen-bond donors (Lipinski definition) is 1. The highest BCUT2D eigenvalue weighted by Crippen LogP contribution is 2.31. The molecule has 0 aliphatic rings. The van der Waals surface area contributed by atoms with E-state index < -0.39 is 0 Å². The van der Waals surface area contributed by atoms with Gasteiger partial charge >= 0.3 is 0 Å². The van der Waals surface area contributed by atoms with E-state index >= 15 is 0 Å². The maximum atomic E-state index is 6.02. The zero-order chi connectivity index (χ0) is 10.7. The zero-order valence-corrected chi connectivity index (χ0v) is 9.29. The average Bonchev–Trinajstić information content (AvgIpc) is 2.22. The summed E-state index contributed by atoms with van der Waals surface area (Å²) in [7, 11) is 0. The number of aromatic nitrogens is 2. The molecule has 5 heteroatoms. The van der Waals surface area contributed by atoms with E-state index in [2.05, 4.69) is 9.97 Å². The fourth-order valence-corrected chi connectivity index (χ4v) is 2.11. The summed E-state index contributed by atoms with van der Waals surface area (Å²) in [5.74, 6) is 0.270. The lowest BCUT2D eigenvalue weighted by atomic mass is 10.4. The summed E-state index contributed by atoms with van der Waals surface area (Å²) in [6.45, 7) is 0. The molecule has 2 aromatic rings. The van der Waals surface area contributed by atoms with Gasteiger partial charge in [0, 0.05) is 11.1 Å². The fraction of sp³-hybridized carbons (Fsp3) is 0. The highest BCUT2D eigenvalue weighted by Gasteiger charge is 2.03. The first-order valence-corrected chi connectivity index (χ1v) is 5.46. The van der Waals surface area contributed by atoms with Crippen LogP contribution in [0.1, 0.15) is 0 Å². The van der Waals surface area contributed by atoms with E-state index in [1.165, 1.54) is 11.8 Å². The number of benzene rings is 1. The van der Waals surface area contributed by atoms with Gasteiger partial charge in [0.15, 0.2) is 0 Å². The van der Waals surface area contributed by atoms with Crippen molar-refractivity contribution in [3.8, 4) is 0 Å². The molecule has 1 aromatic carbocycles. The normalized spacial score (nSPS) is 10.2. The van der Waals surface area contributed by atoms with Crippen LogP contribution in [0.25, 0.3) is 0 Å². The SMILES string of the molecule is Nc1nccc(Sc2ccccc2Cl)n1. The molecular formula is C10H8ClN3S. The van der Waals surface area contributed by atoms with E-state index in [0.29, 0.717) is 5.02 Å². The van der Waals surface area contributed by atoms with Crippen molar-refractivity contribution >= 4 is 29.3 Å². The van der Waals surface area contributed by atoms with Crippen LogP contribution in [0.2, 0.25) is 5.02 Å². The first-order valence-electron chi connectivity index (χ1n) is 4.26. The Kier molecular flexibility index (Phi) is 3.08. The Morgan fingerprint density at radius 1 is 1.20 bits per heavy atom. The van der Waals surface area contributed by atoms with Crippen LogP contribution in [0, 0.1) is 0 Å². The molecule has 0 radical (unpaired) electrons. The zero-order valence-electron chi connectivity index (χ0n) is 7.72. The van der Waals surface area contributed by atoms with Crippen LogP contribution in [-0.2, 0) is 0 Å². The van der Waals surface area contributed by atoms with Gasteiger partial charge in [-0.2, -0.15) is 0 Å². The number of rotatable bonds is 2. The number of halogens is 1. The summed E-state index contributed by atoms with van der Waals surface area (Å²) < 4.78 is 0. The first-order chi connectivity index (χ1) is 7.25. The molecule has 0 atom stereocenters. The molecule has 76 valence electrons. The van der Waals surface area contributed by atoms with Crippen LogP contribution in [0.3, 0.4) is 0 Å². The van der Waals surface area contributed by atoms with Crippen molar-refractivity contribution in [1.29, 1.82) is 0 Å². The molecule has 1 aromatic heterocycles. The predicted molar refractivity (Wildman–Crippen MR) is 62.0 cm³/mol. The number of anilines is 1. The largest absolute Gasteiger partial charge is 0.368 e. The number of nitrogens with two attached hydrogens (primary N) is 1. The van der Waals surface area contributed by atoms with Gasteiger partial charge in [-0.1, -0.05) is 35.5 Å². The summed E-state index contributed by atoms with van der Waals surface area (Å²) in [6.07, 6.45) is 1.63. The van der Waals surface area contributed by atoms with E-state index in [9.17, 15) is 0 Å². The molecule has 0 aliphatic carbocycles. The van der Waals surface area contributed by atoms with Crippen molar-refractivity contribution in [3.63, 3.8) is 0 Å². The third-order valence-corrected chi connectivity index (χ3v) is 3.15.